The minimum Gasteiger partial charge on any atom is -0.494 e. The largest absolute Gasteiger partial charge is 0.494 e. The van der Waals surface area contributed by atoms with E-state index in [4.69, 9.17) is 16.3 Å². The fourth-order valence-electron chi connectivity index (χ4n) is 4.19. The van der Waals surface area contributed by atoms with Gasteiger partial charge in [-0.05, 0) is 74.4 Å². The molecule has 3 aromatic rings. The van der Waals surface area contributed by atoms with Crippen molar-refractivity contribution in [3.63, 3.8) is 0 Å². The van der Waals surface area contributed by atoms with Gasteiger partial charge in [0.05, 0.1) is 12.3 Å². The lowest BCUT2D eigenvalue weighted by atomic mass is 9.98. The van der Waals surface area contributed by atoms with E-state index in [-0.39, 0.29) is 5.57 Å². The number of nitrogens with zero attached hydrogens (tertiary/aromatic N) is 1. The van der Waals surface area contributed by atoms with Crippen LogP contribution in [0, 0.1) is 13.8 Å². The highest BCUT2D eigenvalue weighted by atomic mass is 79.9. The van der Waals surface area contributed by atoms with Crippen LogP contribution in [0.2, 0.25) is 5.02 Å². The number of hydrogen-bond donors (Lipinski definition) is 1. The molecule has 0 saturated carbocycles. The number of imide groups is 2. The van der Waals surface area contributed by atoms with Crippen molar-refractivity contribution in [1.82, 2.24) is 5.32 Å². The highest BCUT2D eigenvalue weighted by Crippen LogP contribution is 2.33. The van der Waals surface area contributed by atoms with Crippen molar-refractivity contribution < 1.29 is 19.1 Å². The predicted molar refractivity (Wildman–Crippen MR) is 144 cm³/mol. The number of carbonyl (C=O) groups is 3. The first-order valence-corrected chi connectivity index (χ1v) is 12.5. The zero-order chi connectivity index (χ0) is 26.0. The standard InChI is InChI=1S/C28H24BrClN2O4/c1-4-36-25-15-19(14-24(30)22(25)12-18-10-16(2)9-17(3)11-18)13-23-26(33)31-28(35)32(27(23)34)21-7-5-20(29)6-8-21/h5-11,13-15H,4,12H2,1-3H3,(H,31,33,35)/b23-13+. The number of urea groups is 1. The fourth-order valence-corrected chi connectivity index (χ4v) is 4.74. The molecule has 1 aliphatic heterocycles. The second kappa shape index (κ2) is 10.7. The fraction of sp³-hybridized carbons (Fsp3) is 0.179. The van der Waals surface area contributed by atoms with Crippen LogP contribution in [0.5, 0.6) is 5.75 Å². The van der Waals surface area contributed by atoms with E-state index >= 15 is 0 Å². The Hall–Kier alpha value is -3.42. The molecule has 8 heteroatoms. The number of carbonyl (C=O) groups excluding carboxylic acids is 3. The van der Waals surface area contributed by atoms with Gasteiger partial charge in [-0.15, -0.1) is 0 Å². The molecule has 0 aromatic heterocycles. The molecule has 0 radical (unpaired) electrons. The Kier molecular flexibility index (Phi) is 7.62. The van der Waals surface area contributed by atoms with Gasteiger partial charge in [-0.25, -0.2) is 9.69 Å². The summed E-state index contributed by atoms with van der Waals surface area (Å²) >= 11 is 10.0. The summed E-state index contributed by atoms with van der Waals surface area (Å²) in [5.41, 5.74) is 4.91. The monoisotopic (exact) mass is 566 g/mol. The molecule has 0 aliphatic carbocycles. The molecule has 36 heavy (non-hydrogen) atoms. The lowest BCUT2D eigenvalue weighted by Gasteiger charge is -2.26. The second-order valence-electron chi connectivity index (χ2n) is 8.52. The van der Waals surface area contributed by atoms with Crippen LogP contribution in [0.25, 0.3) is 6.08 Å². The van der Waals surface area contributed by atoms with Gasteiger partial charge in [-0.1, -0.05) is 56.9 Å². The number of halogens is 2. The molecule has 0 bridgehead atoms. The topological polar surface area (TPSA) is 75.7 Å². The van der Waals surface area contributed by atoms with Gasteiger partial charge in [0.25, 0.3) is 11.8 Å². The molecular formula is C28H24BrClN2O4. The average molecular weight is 568 g/mol. The van der Waals surface area contributed by atoms with E-state index in [1.165, 1.54) is 6.08 Å². The van der Waals surface area contributed by atoms with Gasteiger partial charge in [-0.2, -0.15) is 0 Å². The molecule has 0 spiro atoms. The molecule has 6 nitrogen and oxygen atoms in total. The van der Waals surface area contributed by atoms with Gasteiger partial charge in [0, 0.05) is 21.5 Å². The van der Waals surface area contributed by atoms with Gasteiger partial charge in [0.2, 0.25) is 0 Å². The maximum absolute atomic E-state index is 13.2. The zero-order valence-electron chi connectivity index (χ0n) is 20.0. The Morgan fingerprint density at radius 2 is 1.67 bits per heavy atom. The highest BCUT2D eigenvalue weighted by Gasteiger charge is 2.36. The zero-order valence-corrected chi connectivity index (χ0v) is 22.4. The number of benzene rings is 3. The number of ether oxygens (including phenoxy) is 1. The molecule has 3 aromatic carbocycles. The average Bonchev–Trinajstić information content (AvgIpc) is 2.79. The second-order valence-corrected chi connectivity index (χ2v) is 9.84. The van der Waals surface area contributed by atoms with E-state index in [2.05, 4.69) is 39.4 Å². The van der Waals surface area contributed by atoms with Crippen LogP contribution >= 0.6 is 27.5 Å². The minimum atomic E-state index is -0.804. The molecule has 4 amide bonds. The van der Waals surface area contributed by atoms with Gasteiger partial charge >= 0.3 is 6.03 Å². The van der Waals surface area contributed by atoms with Gasteiger partial charge < -0.3 is 4.74 Å². The van der Waals surface area contributed by atoms with Crippen LogP contribution < -0.4 is 15.0 Å². The Morgan fingerprint density at radius 3 is 2.31 bits per heavy atom. The SMILES string of the molecule is CCOc1cc(/C=C2\C(=O)NC(=O)N(c3ccc(Br)cc3)C2=O)cc(Cl)c1Cc1cc(C)cc(C)c1. The molecule has 0 unspecified atom stereocenters. The molecule has 1 fully saturated rings. The Balaban J connectivity index is 1.72. The van der Waals surface area contributed by atoms with Gasteiger partial charge in [0.1, 0.15) is 11.3 Å². The first kappa shape index (κ1) is 25.7. The van der Waals surface area contributed by atoms with Gasteiger partial charge in [0.15, 0.2) is 0 Å². The summed E-state index contributed by atoms with van der Waals surface area (Å²) in [6, 6.07) is 15.6. The third-order valence-electron chi connectivity index (χ3n) is 5.64. The third-order valence-corrected chi connectivity index (χ3v) is 6.50. The number of rotatable bonds is 6. The first-order chi connectivity index (χ1) is 17.2. The summed E-state index contributed by atoms with van der Waals surface area (Å²) in [5, 5.41) is 2.69. The van der Waals surface area contributed by atoms with E-state index < -0.39 is 17.8 Å². The van der Waals surface area contributed by atoms with Crippen molar-refractivity contribution in [2.45, 2.75) is 27.2 Å². The Morgan fingerprint density at radius 1 is 1.00 bits per heavy atom. The Labute approximate surface area is 223 Å². The van der Waals surface area contributed by atoms with Crippen LogP contribution in [-0.4, -0.2) is 24.5 Å². The van der Waals surface area contributed by atoms with E-state index in [9.17, 15) is 14.4 Å². The maximum Gasteiger partial charge on any atom is 0.335 e. The molecular weight excluding hydrogens is 544 g/mol. The number of barbiturate groups is 1. The molecule has 1 saturated heterocycles. The highest BCUT2D eigenvalue weighted by molar-refractivity contribution is 9.10. The van der Waals surface area contributed by atoms with E-state index in [1.54, 1.807) is 36.4 Å². The minimum absolute atomic E-state index is 0.182. The molecule has 1 heterocycles. The van der Waals surface area contributed by atoms with Crippen molar-refractivity contribution in [1.29, 1.82) is 0 Å². The van der Waals surface area contributed by atoms with Crippen molar-refractivity contribution in [3.8, 4) is 5.75 Å². The van der Waals surface area contributed by atoms with Gasteiger partial charge in [-0.3, -0.25) is 14.9 Å². The molecule has 1 N–H and O–H groups in total. The smallest absolute Gasteiger partial charge is 0.335 e. The lowest BCUT2D eigenvalue weighted by molar-refractivity contribution is -0.122. The van der Waals surface area contributed by atoms with Crippen LogP contribution in [0.15, 0.2) is 64.6 Å². The quantitative estimate of drug-likeness (QED) is 0.277. The molecule has 0 atom stereocenters. The van der Waals surface area contributed by atoms with Crippen molar-refractivity contribution >= 4 is 57.1 Å². The van der Waals surface area contributed by atoms with Crippen LogP contribution in [0.4, 0.5) is 10.5 Å². The lowest BCUT2D eigenvalue weighted by Crippen LogP contribution is -2.54. The molecule has 4 rings (SSSR count). The summed E-state index contributed by atoms with van der Waals surface area (Å²) < 4.78 is 6.68. The number of amides is 4. The van der Waals surface area contributed by atoms with Crippen molar-refractivity contribution in [3.05, 3.63) is 97.5 Å². The summed E-state index contributed by atoms with van der Waals surface area (Å²) in [5.74, 6) is -0.924. The van der Waals surface area contributed by atoms with E-state index in [0.717, 1.165) is 31.6 Å². The first-order valence-electron chi connectivity index (χ1n) is 11.4. The predicted octanol–water partition coefficient (Wildman–Crippen LogP) is 6.38. The number of anilines is 1. The summed E-state index contributed by atoms with van der Waals surface area (Å²) in [7, 11) is 0. The number of nitrogens with one attached hydrogen (secondary N) is 1. The van der Waals surface area contributed by atoms with Crippen LogP contribution in [-0.2, 0) is 16.0 Å². The summed E-state index contributed by atoms with van der Waals surface area (Å²) in [6.07, 6.45) is 1.99. The maximum atomic E-state index is 13.2. The Bertz CT molecular complexity index is 1380. The number of hydrogen-bond acceptors (Lipinski definition) is 4. The molecule has 184 valence electrons. The van der Waals surface area contributed by atoms with E-state index in [0.29, 0.717) is 35.1 Å². The summed E-state index contributed by atoms with van der Waals surface area (Å²) in [4.78, 5) is 39.2. The van der Waals surface area contributed by atoms with Crippen molar-refractivity contribution in [2.24, 2.45) is 0 Å². The normalized spacial score (nSPS) is 14.9. The molecule has 1 aliphatic rings. The summed E-state index contributed by atoms with van der Waals surface area (Å²) in [6.45, 7) is 6.39. The van der Waals surface area contributed by atoms with E-state index in [1.807, 2.05) is 20.8 Å². The number of aryl methyl sites for hydroxylation is 2. The third kappa shape index (κ3) is 5.53. The van der Waals surface area contributed by atoms with Crippen molar-refractivity contribution in [2.75, 3.05) is 11.5 Å². The van der Waals surface area contributed by atoms with Crippen LogP contribution in [0.3, 0.4) is 0 Å². The van der Waals surface area contributed by atoms with Crippen LogP contribution in [0.1, 0.15) is 34.7 Å².